The molecule has 2 aliphatic rings. The highest BCUT2D eigenvalue weighted by Crippen LogP contribution is 2.34. The van der Waals surface area contributed by atoms with Crippen LogP contribution in [0.2, 0.25) is 0 Å². The fourth-order valence-corrected chi connectivity index (χ4v) is 4.38. The number of benzene rings is 2. The second kappa shape index (κ2) is 16.6. The van der Waals surface area contributed by atoms with Crippen molar-refractivity contribution in [2.24, 2.45) is 5.41 Å². The Kier molecular flexibility index (Phi) is 13.1. The van der Waals surface area contributed by atoms with Crippen molar-refractivity contribution in [3.8, 4) is 23.0 Å². The Morgan fingerprint density at radius 3 is 2.00 bits per heavy atom. The van der Waals surface area contributed by atoms with E-state index >= 15 is 0 Å². The molecule has 18 heteroatoms. The van der Waals surface area contributed by atoms with E-state index in [1.807, 2.05) is 23.1 Å². The molecule has 1 saturated heterocycles. The SMILES string of the molecule is COc1cc2nc(N3CCN(C(=O)C4COc5ccccc5O4)CC3)nc(N)c2cc1OC.CS(=O)(=O)O.OCC(CO)(CO)CO. The van der Waals surface area contributed by atoms with Crippen LogP contribution in [0.4, 0.5) is 11.8 Å². The van der Waals surface area contributed by atoms with Gasteiger partial charge in [0.1, 0.15) is 12.4 Å². The highest BCUT2D eigenvalue weighted by molar-refractivity contribution is 7.85. The number of carbonyl (C=O) groups is 1. The molecule has 0 spiro atoms. The van der Waals surface area contributed by atoms with Gasteiger partial charge in [-0.15, -0.1) is 0 Å². The molecule has 1 amide bonds. The van der Waals surface area contributed by atoms with E-state index in [2.05, 4.69) is 9.97 Å². The van der Waals surface area contributed by atoms with Gasteiger partial charge in [-0.3, -0.25) is 9.35 Å². The molecule has 0 saturated carbocycles. The van der Waals surface area contributed by atoms with Crippen molar-refractivity contribution >= 4 is 38.7 Å². The van der Waals surface area contributed by atoms with Crippen molar-refractivity contribution in [1.82, 2.24) is 14.9 Å². The summed E-state index contributed by atoms with van der Waals surface area (Å²) in [7, 11) is -0.524. The highest BCUT2D eigenvalue weighted by Gasteiger charge is 2.33. The van der Waals surface area contributed by atoms with Crippen LogP contribution in [0, 0.1) is 5.41 Å². The van der Waals surface area contributed by atoms with Gasteiger partial charge in [0.15, 0.2) is 23.0 Å². The first kappa shape index (κ1) is 37.3. The molecule has 7 N–H and O–H groups in total. The van der Waals surface area contributed by atoms with E-state index in [1.54, 1.807) is 37.3 Å². The maximum Gasteiger partial charge on any atom is 0.267 e. The molecule has 47 heavy (non-hydrogen) atoms. The molecular formula is C29H41N5O12S. The van der Waals surface area contributed by atoms with Gasteiger partial charge in [-0.2, -0.15) is 13.4 Å². The number of rotatable bonds is 8. The number of methoxy groups -OCH3 is 2. The summed E-state index contributed by atoms with van der Waals surface area (Å²) in [6.45, 7) is 0.773. The van der Waals surface area contributed by atoms with Crippen molar-refractivity contribution in [2.45, 2.75) is 6.10 Å². The molecule has 0 aliphatic carbocycles. The van der Waals surface area contributed by atoms with Gasteiger partial charge in [0.25, 0.3) is 16.0 Å². The molecule has 1 aromatic heterocycles. The summed E-state index contributed by atoms with van der Waals surface area (Å²) in [6, 6.07) is 10.9. The fourth-order valence-electron chi connectivity index (χ4n) is 4.38. The second-order valence-corrected chi connectivity index (χ2v) is 12.1. The number of para-hydroxylation sites is 2. The summed E-state index contributed by atoms with van der Waals surface area (Å²) < 4.78 is 48.2. The number of anilines is 2. The molecule has 1 unspecified atom stereocenters. The number of aliphatic hydroxyl groups excluding tert-OH is 4. The number of fused-ring (bicyclic) bond motifs is 2. The minimum Gasteiger partial charge on any atom is -0.493 e. The molecule has 2 aliphatic heterocycles. The summed E-state index contributed by atoms with van der Waals surface area (Å²) in [4.78, 5) is 26.0. The number of nitrogen functional groups attached to an aromatic ring is 1. The summed E-state index contributed by atoms with van der Waals surface area (Å²) in [5, 5.41) is 34.7. The van der Waals surface area contributed by atoms with E-state index < -0.39 is 48.1 Å². The minimum atomic E-state index is -3.67. The Bertz CT molecular complexity index is 1570. The van der Waals surface area contributed by atoms with E-state index in [0.717, 1.165) is 0 Å². The first-order valence-electron chi connectivity index (χ1n) is 14.3. The van der Waals surface area contributed by atoms with Crippen LogP contribution < -0.4 is 29.6 Å². The number of hydrogen-bond donors (Lipinski definition) is 6. The number of amides is 1. The molecular weight excluding hydrogens is 642 g/mol. The summed E-state index contributed by atoms with van der Waals surface area (Å²) in [5.74, 6) is 3.18. The Morgan fingerprint density at radius 1 is 0.957 bits per heavy atom. The van der Waals surface area contributed by atoms with Gasteiger partial charge in [-0.05, 0) is 18.2 Å². The lowest BCUT2D eigenvalue weighted by atomic mass is 9.93. The van der Waals surface area contributed by atoms with Gasteiger partial charge in [-0.1, -0.05) is 12.1 Å². The van der Waals surface area contributed by atoms with Crippen LogP contribution in [0.5, 0.6) is 23.0 Å². The molecule has 1 fully saturated rings. The van der Waals surface area contributed by atoms with Crippen LogP contribution in [0.3, 0.4) is 0 Å². The molecule has 260 valence electrons. The lowest BCUT2D eigenvalue weighted by Gasteiger charge is -2.37. The Labute approximate surface area is 271 Å². The minimum absolute atomic E-state index is 0.0834. The predicted octanol–water partition coefficient (Wildman–Crippen LogP) is -0.836. The number of carbonyl (C=O) groups excluding carboxylic acids is 1. The number of nitrogens with two attached hydrogens (primary N) is 1. The third kappa shape index (κ3) is 9.90. The molecule has 2 aromatic carbocycles. The molecule has 17 nitrogen and oxygen atoms in total. The van der Waals surface area contributed by atoms with Crippen LogP contribution in [0.15, 0.2) is 36.4 Å². The number of piperazine rings is 1. The maximum atomic E-state index is 13.0. The average molecular weight is 684 g/mol. The Morgan fingerprint density at radius 2 is 1.49 bits per heavy atom. The van der Waals surface area contributed by atoms with E-state index in [-0.39, 0.29) is 12.5 Å². The zero-order valence-corrected chi connectivity index (χ0v) is 27.1. The van der Waals surface area contributed by atoms with Gasteiger partial charge < -0.3 is 54.9 Å². The first-order valence-corrected chi connectivity index (χ1v) is 16.1. The quantitative estimate of drug-likeness (QED) is 0.159. The normalized spacial score (nSPS) is 16.0. The van der Waals surface area contributed by atoms with E-state index in [4.69, 9.17) is 49.7 Å². The fraction of sp³-hybridized carbons (Fsp3) is 0.483. The van der Waals surface area contributed by atoms with Crippen LogP contribution >= 0.6 is 0 Å². The van der Waals surface area contributed by atoms with Crippen molar-refractivity contribution in [2.75, 3.05) is 90.3 Å². The monoisotopic (exact) mass is 683 g/mol. The van der Waals surface area contributed by atoms with Crippen molar-refractivity contribution in [3.05, 3.63) is 36.4 Å². The van der Waals surface area contributed by atoms with E-state index in [9.17, 15) is 13.2 Å². The smallest absolute Gasteiger partial charge is 0.267 e. The number of hydrogen-bond acceptors (Lipinski definition) is 15. The molecule has 3 aromatic rings. The summed E-state index contributed by atoms with van der Waals surface area (Å²) in [6.07, 6.45) is 0.0639. The number of ether oxygens (including phenoxy) is 4. The third-order valence-electron chi connectivity index (χ3n) is 7.22. The second-order valence-electron chi connectivity index (χ2n) is 10.7. The Hall–Kier alpha value is -4.20. The molecule has 0 radical (unpaired) electrons. The van der Waals surface area contributed by atoms with Gasteiger partial charge in [-0.25, -0.2) is 4.98 Å². The average Bonchev–Trinajstić information content (AvgIpc) is 3.08. The van der Waals surface area contributed by atoms with Crippen LogP contribution in [0.25, 0.3) is 10.9 Å². The van der Waals surface area contributed by atoms with Crippen LogP contribution in [-0.4, -0.2) is 140 Å². The maximum absolute atomic E-state index is 13.0. The zero-order valence-electron chi connectivity index (χ0n) is 26.3. The van der Waals surface area contributed by atoms with E-state index in [1.165, 1.54) is 0 Å². The topological polar surface area (TPSA) is 248 Å². The van der Waals surface area contributed by atoms with Gasteiger partial charge in [0, 0.05) is 37.6 Å². The summed E-state index contributed by atoms with van der Waals surface area (Å²) >= 11 is 0. The van der Waals surface area contributed by atoms with Crippen molar-refractivity contribution in [1.29, 1.82) is 0 Å². The predicted molar refractivity (Wildman–Crippen MR) is 170 cm³/mol. The molecule has 0 bridgehead atoms. The van der Waals surface area contributed by atoms with Gasteiger partial charge in [0.2, 0.25) is 12.1 Å². The van der Waals surface area contributed by atoms with E-state index in [0.29, 0.717) is 78.1 Å². The largest absolute Gasteiger partial charge is 0.493 e. The first-order chi connectivity index (χ1) is 22.3. The lowest BCUT2D eigenvalue weighted by molar-refractivity contribution is -0.141. The number of nitrogens with zero attached hydrogens (tertiary/aromatic N) is 4. The highest BCUT2D eigenvalue weighted by atomic mass is 32.2. The van der Waals surface area contributed by atoms with Crippen LogP contribution in [0.1, 0.15) is 0 Å². The molecule has 1 atom stereocenters. The lowest BCUT2D eigenvalue weighted by Crippen LogP contribution is -2.54. The van der Waals surface area contributed by atoms with Crippen LogP contribution in [-0.2, 0) is 14.9 Å². The summed E-state index contributed by atoms with van der Waals surface area (Å²) in [5.41, 5.74) is 5.78. The van der Waals surface area contributed by atoms with Gasteiger partial charge in [0.05, 0.1) is 57.8 Å². The number of aliphatic hydroxyl groups is 4. The Balaban J connectivity index is 0.000000361. The number of aromatic nitrogens is 2. The van der Waals surface area contributed by atoms with Crippen molar-refractivity contribution < 1.29 is 57.1 Å². The van der Waals surface area contributed by atoms with Gasteiger partial charge >= 0.3 is 0 Å². The van der Waals surface area contributed by atoms with Crippen molar-refractivity contribution in [3.63, 3.8) is 0 Å². The zero-order chi connectivity index (χ0) is 34.8. The molecule has 5 rings (SSSR count). The molecule has 3 heterocycles. The standard InChI is InChI=1S/C23H25N5O5.C5H12O4.CH4O3S/c1-30-18-11-14-15(12-19(18)31-2)25-23(26-21(14)24)28-9-7-27(8-10-28)22(29)20-13-32-16-5-3-4-6-17(16)33-20;6-1-5(2-7,3-8)4-9;1-5(2,3)4/h3-6,11-12,20H,7-10,13H2,1-2H3,(H2,24,25,26);6-9H,1-4H2;1H3,(H,2,3,4). The third-order valence-corrected chi connectivity index (χ3v) is 7.22.